The Balaban J connectivity index is 1.61. The Hall–Kier alpha value is -1.60. The SMILES string of the molecule is CC1CC[NH+](CC(=O)NNC(=O)COc2ccc(Br)cc2)CC1. The molecular formula is C16H23BrN3O3+. The van der Waals surface area contributed by atoms with Gasteiger partial charge in [-0.1, -0.05) is 22.9 Å². The third-order valence-electron chi connectivity index (χ3n) is 3.92. The van der Waals surface area contributed by atoms with Crippen molar-refractivity contribution in [1.29, 1.82) is 0 Å². The summed E-state index contributed by atoms with van der Waals surface area (Å²) in [5.41, 5.74) is 4.82. The number of carbonyl (C=O) groups is 2. The molecule has 1 aromatic rings. The molecule has 0 bridgehead atoms. The molecule has 0 saturated carbocycles. The Kier molecular flexibility index (Phi) is 6.85. The standard InChI is InChI=1S/C16H22BrN3O3/c1-12-6-8-20(9-7-12)10-15(21)18-19-16(22)11-23-14-4-2-13(17)3-5-14/h2-5,12H,6-11H2,1H3,(H,18,21)(H,19,22)/p+1. The Morgan fingerprint density at radius 1 is 1.17 bits per heavy atom. The molecular weight excluding hydrogens is 362 g/mol. The molecule has 2 amide bonds. The van der Waals surface area contributed by atoms with Gasteiger partial charge in [0.25, 0.3) is 11.8 Å². The number of ether oxygens (including phenoxy) is 1. The van der Waals surface area contributed by atoms with E-state index in [9.17, 15) is 9.59 Å². The number of hydrazine groups is 1. The first-order chi connectivity index (χ1) is 11.0. The van der Waals surface area contributed by atoms with Crippen molar-refractivity contribution in [2.75, 3.05) is 26.2 Å². The minimum atomic E-state index is -0.386. The molecule has 1 aromatic carbocycles. The number of quaternary nitrogens is 1. The summed E-state index contributed by atoms with van der Waals surface area (Å²) in [4.78, 5) is 24.7. The van der Waals surface area contributed by atoms with E-state index < -0.39 is 0 Å². The van der Waals surface area contributed by atoms with Crippen molar-refractivity contribution in [2.45, 2.75) is 19.8 Å². The van der Waals surface area contributed by atoms with E-state index in [-0.39, 0.29) is 18.4 Å². The van der Waals surface area contributed by atoms with Crippen LogP contribution in [0.25, 0.3) is 0 Å². The summed E-state index contributed by atoms with van der Waals surface area (Å²) < 4.78 is 6.27. The molecule has 0 aromatic heterocycles. The van der Waals surface area contributed by atoms with Crippen LogP contribution >= 0.6 is 15.9 Å². The maximum Gasteiger partial charge on any atom is 0.293 e. The van der Waals surface area contributed by atoms with E-state index >= 15 is 0 Å². The van der Waals surface area contributed by atoms with Gasteiger partial charge in [-0.25, -0.2) is 0 Å². The van der Waals surface area contributed by atoms with Crippen LogP contribution in [0.3, 0.4) is 0 Å². The highest BCUT2D eigenvalue weighted by Gasteiger charge is 2.21. The molecule has 6 nitrogen and oxygen atoms in total. The average molecular weight is 385 g/mol. The summed E-state index contributed by atoms with van der Waals surface area (Å²) in [6.07, 6.45) is 2.30. The fourth-order valence-corrected chi connectivity index (χ4v) is 2.74. The molecule has 1 aliphatic rings. The van der Waals surface area contributed by atoms with Gasteiger partial charge < -0.3 is 9.64 Å². The molecule has 1 saturated heterocycles. The van der Waals surface area contributed by atoms with Crippen LogP contribution in [0.1, 0.15) is 19.8 Å². The summed E-state index contributed by atoms with van der Waals surface area (Å²) >= 11 is 3.33. The quantitative estimate of drug-likeness (QED) is 0.639. The summed E-state index contributed by atoms with van der Waals surface area (Å²) in [5, 5.41) is 0. The van der Waals surface area contributed by atoms with Crippen molar-refractivity contribution in [3.63, 3.8) is 0 Å². The molecule has 1 aliphatic heterocycles. The number of hydrogen-bond acceptors (Lipinski definition) is 3. The van der Waals surface area contributed by atoms with Crippen molar-refractivity contribution < 1.29 is 19.2 Å². The molecule has 0 atom stereocenters. The van der Waals surface area contributed by atoms with Gasteiger partial charge >= 0.3 is 0 Å². The van der Waals surface area contributed by atoms with Crippen LogP contribution in [0.4, 0.5) is 0 Å². The van der Waals surface area contributed by atoms with Gasteiger partial charge in [-0.3, -0.25) is 20.4 Å². The minimum absolute atomic E-state index is 0.143. The first-order valence-electron chi connectivity index (χ1n) is 7.82. The van der Waals surface area contributed by atoms with Crippen molar-refractivity contribution in [1.82, 2.24) is 10.9 Å². The van der Waals surface area contributed by atoms with Crippen LogP contribution < -0.4 is 20.5 Å². The molecule has 1 heterocycles. The highest BCUT2D eigenvalue weighted by Crippen LogP contribution is 2.15. The van der Waals surface area contributed by atoms with Gasteiger partial charge in [0.1, 0.15) is 5.75 Å². The second-order valence-corrected chi connectivity index (χ2v) is 6.86. The number of piperidine rings is 1. The van der Waals surface area contributed by atoms with Crippen molar-refractivity contribution >= 4 is 27.7 Å². The average Bonchev–Trinajstić information content (AvgIpc) is 2.54. The maximum absolute atomic E-state index is 11.8. The number of benzene rings is 1. The van der Waals surface area contributed by atoms with Crippen LogP contribution in [0.15, 0.2) is 28.7 Å². The van der Waals surface area contributed by atoms with Gasteiger partial charge in [-0.05, 0) is 43.0 Å². The third kappa shape index (κ3) is 6.58. The lowest BCUT2D eigenvalue weighted by Gasteiger charge is -2.26. The fourth-order valence-electron chi connectivity index (χ4n) is 2.47. The zero-order valence-electron chi connectivity index (χ0n) is 13.2. The Morgan fingerprint density at radius 2 is 1.78 bits per heavy atom. The van der Waals surface area contributed by atoms with Crippen LogP contribution in [0.2, 0.25) is 0 Å². The fraction of sp³-hybridized carbons (Fsp3) is 0.500. The molecule has 0 aliphatic carbocycles. The van der Waals surface area contributed by atoms with Gasteiger partial charge in [0, 0.05) is 4.47 Å². The summed E-state index contributed by atoms with van der Waals surface area (Å²) in [5.74, 6) is 0.786. The lowest BCUT2D eigenvalue weighted by molar-refractivity contribution is -0.898. The Labute approximate surface area is 144 Å². The number of likely N-dealkylation sites (tertiary alicyclic amines) is 1. The zero-order valence-corrected chi connectivity index (χ0v) is 14.8. The number of amides is 2. The summed E-state index contributed by atoms with van der Waals surface area (Å²) in [7, 11) is 0. The second-order valence-electron chi connectivity index (χ2n) is 5.95. The van der Waals surface area contributed by atoms with Gasteiger partial charge in [0.15, 0.2) is 13.2 Å². The monoisotopic (exact) mass is 384 g/mol. The lowest BCUT2D eigenvalue weighted by atomic mass is 9.99. The summed E-state index contributed by atoms with van der Waals surface area (Å²) in [6, 6.07) is 7.18. The Bertz CT molecular complexity index is 528. The van der Waals surface area contributed by atoms with E-state index in [1.807, 2.05) is 12.1 Å². The molecule has 2 rings (SSSR count). The van der Waals surface area contributed by atoms with E-state index in [0.717, 1.165) is 36.3 Å². The summed E-state index contributed by atoms with van der Waals surface area (Å²) in [6.45, 7) is 4.50. The molecule has 23 heavy (non-hydrogen) atoms. The number of halogens is 1. The lowest BCUT2D eigenvalue weighted by Crippen LogP contribution is -3.14. The van der Waals surface area contributed by atoms with E-state index in [2.05, 4.69) is 33.7 Å². The number of hydrogen-bond donors (Lipinski definition) is 3. The van der Waals surface area contributed by atoms with Gasteiger partial charge in [0.05, 0.1) is 13.1 Å². The smallest absolute Gasteiger partial charge is 0.293 e. The first kappa shape index (κ1) is 17.7. The van der Waals surface area contributed by atoms with E-state index in [0.29, 0.717) is 12.3 Å². The van der Waals surface area contributed by atoms with Crippen LogP contribution in [-0.4, -0.2) is 38.1 Å². The molecule has 0 spiro atoms. The maximum atomic E-state index is 11.8. The van der Waals surface area contributed by atoms with Crippen LogP contribution in [0.5, 0.6) is 5.75 Å². The molecule has 126 valence electrons. The molecule has 0 unspecified atom stereocenters. The van der Waals surface area contributed by atoms with Crippen LogP contribution in [0, 0.1) is 5.92 Å². The molecule has 0 radical (unpaired) electrons. The van der Waals surface area contributed by atoms with Gasteiger partial charge in [-0.15, -0.1) is 0 Å². The van der Waals surface area contributed by atoms with Gasteiger partial charge in [-0.2, -0.15) is 0 Å². The molecule has 3 N–H and O–H groups in total. The molecule has 1 fully saturated rings. The second kappa shape index (κ2) is 8.88. The number of carbonyl (C=O) groups excluding carboxylic acids is 2. The highest BCUT2D eigenvalue weighted by atomic mass is 79.9. The number of nitrogens with one attached hydrogen (secondary N) is 3. The third-order valence-corrected chi connectivity index (χ3v) is 4.45. The van der Waals surface area contributed by atoms with Crippen molar-refractivity contribution in [3.8, 4) is 5.75 Å². The topological polar surface area (TPSA) is 71.9 Å². The van der Waals surface area contributed by atoms with Crippen molar-refractivity contribution in [3.05, 3.63) is 28.7 Å². The normalized spacial score (nSPS) is 20.6. The molecule has 7 heteroatoms. The number of rotatable bonds is 5. The van der Waals surface area contributed by atoms with Crippen LogP contribution in [-0.2, 0) is 9.59 Å². The zero-order chi connectivity index (χ0) is 16.7. The largest absolute Gasteiger partial charge is 0.484 e. The minimum Gasteiger partial charge on any atom is -0.484 e. The van der Waals surface area contributed by atoms with E-state index in [1.54, 1.807) is 12.1 Å². The highest BCUT2D eigenvalue weighted by molar-refractivity contribution is 9.10. The predicted octanol–water partition coefficient (Wildman–Crippen LogP) is 0.290. The van der Waals surface area contributed by atoms with E-state index in [1.165, 1.54) is 4.90 Å². The van der Waals surface area contributed by atoms with E-state index in [4.69, 9.17) is 4.74 Å². The van der Waals surface area contributed by atoms with Gasteiger partial charge in [0.2, 0.25) is 0 Å². The van der Waals surface area contributed by atoms with Crippen molar-refractivity contribution in [2.24, 2.45) is 5.92 Å². The Morgan fingerprint density at radius 3 is 2.43 bits per heavy atom. The first-order valence-corrected chi connectivity index (χ1v) is 8.62. The predicted molar refractivity (Wildman–Crippen MR) is 89.9 cm³/mol.